The Kier molecular flexibility index (Phi) is 3.81. The van der Waals surface area contributed by atoms with Gasteiger partial charge in [-0.15, -0.1) is 0 Å². The Bertz CT molecular complexity index is 816. The van der Waals surface area contributed by atoms with Crippen molar-refractivity contribution in [3.8, 4) is 0 Å². The van der Waals surface area contributed by atoms with Gasteiger partial charge in [0.15, 0.2) is 5.11 Å². The molecule has 3 nitrogen and oxygen atoms in total. The molecule has 2 aromatic carbocycles. The number of thiocarbonyl (C=S) groups is 1. The molecule has 4 rings (SSSR count). The zero-order valence-corrected chi connectivity index (χ0v) is 14.2. The van der Waals surface area contributed by atoms with Gasteiger partial charge in [0.05, 0.1) is 11.8 Å². The zero-order valence-electron chi connectivity index (χ0n) is 13.4. The molecular weight excluding hydrogens is 321 g/mol. The standard InChI is InChI=1S/C19H18FN3S/c1-21-19(24)23-18(13-6-9-14(20)10-7-13)16-11-8-12-4-2-3-5-15(12)17(16)22-23/h2-7,9-10,16,18H,8,11H2,1H3,(H,21,24). The van der Waals surface area contributed by atoms with E-state index in [4.69, 9.17) is 17.3 Å². The van der Waals surface area contributed by atoms with E-state index in [1.54, 1.807) is 7.05 Å². The molecule has 5 heteroatoms. The first-order valence-electron chi connectivity index (χ1n) is 8.12. The average molecular weight is 339 g/mol. The van der Waals surface area contributed by atoms with E-state index in [1.807, 2.05) is 17.1 Å². The Hall–Kier alpha value is -2.27. The van der Waals surface area contributed by atoms with E-state index in [-0.39, 0.29) is 17.8 Å². The predicted octanol–water partition coefficient (Wildman–Crippen LogP) is 3.65. The molecule has 2 aliphatic rings. The summed E-state index contributed by atoms with van der Waals surface area (Å²) in [6.45, 7) is 0. The van der Waals surface area contributed by atoms with E-state index in [0.717, 1.165) is 24.1 Å². The topological polar surface area (TPSA) is 27.6 Å². The van der Waals surface area contributed by atoms with Crippen molar-refractivity contribution in [3.05, 3.63) is 71.0 Å². The van der Waals surface area contributed by atoms with Crippen molar-refractivity contribution < 1.29 is 4.39 Å². The summed E-state index contributed by atoms with van der Waals surface area (Å²) >= 11 is 5.47. The van der Waals surface area contributed by atoms with Crippen LogP contribution in [0, 0.1) is 11.7 Å². The van der Waals surface area contributed by atoms with Crippen molar-refractivity contribution in [1.29, 1.82) is 0 Å². The highest BCUT2D eigenvalue weighted by molar-refractivity contribution is 7.80. The van der Waals surface area contributed by atoms with E-state index >= 15 is 0 Å². The number of nitrogens with zero attached hydrogens (tertiary/aromatic N) is 2. The Morgan fingerprint density at radius 2 is 1.96 bits per heavy atom. The fourth-order valence-corrected chi connectivity index (χ4v) is 3.89. The molecule has 0 radical (unpaired) electrons. The highest BCUT2D eigenvalue weighted by Gasteiger charge is 2.42. The van der Waals surface area contributed by atoms with E-state index < -0.39 is 0 Å². The first kappa shape index (κ1) is 15.3. The van der Waals surface area contributed by atoms with Crippen LogP contribution < -0.4 is 5.32 Å². The lowest BCUT2D eigenvalue weighted by atomic mass is 9.77. The molecule has 122 valence electrons. The monoisotopic (exact) mass is 339 g/mol. The Balaban J connectivity index is 1.80. The number of benzene rings is 2. The van der Waals surface area contributed by atoms with Crippen LogP contribution in [-0.2, 0) is 6.42 Å². The summed E-state index contributed by atoms with van der Waals surface area (Å²) in [4.78, 5) is 0. The molecule has 0 saturated heterocycles. The fraction of sp³-hybridized carbons (Fsp3) is 0.263. The first-order valence-corrected chi connectivity index (χ1v) is 8.53. The van der Waals surface area contributed by atoms with Crippen LogP contribution in [0.5, 0.6) is 0 Å². The molecule has 2 aromatic rings. The Labute approximate surface area is 146 Å². The van der Waals surface area contributed by atoms with Crippen molar-refractivity contribution in [2.45, 2.75) is 18.9 Å². The van der Waals surface area contributed by atoms with Crippen molar-refractivity contribution in [2.75, 3.05) is 7.05 Å². The van der Waals surface area contributed by atoms with Gasteiger partial charge < -0.3 is 5.32 Å². The van der Waals surface area contributed by atoms with Crippen LogP contribution in [0.4, 0.5) is 4.39 Å². The van der Waals surface area contributed by atoms with Crippen LogP contribution in [0.3, 0.4) is 0 Å². The van der Waals surface area contributed by atoms with Crippen LogP contribution in [0.2, 0.25) is 0 Å². The van der Waals surface area contributed by atoms with E-state index in [2.05, 4.69) is 29.6 Å². The first-order chi connectivity index (χ1) is 11.7. The molecule has 1 aliphatic heterocycles. The number of nitrogens with one attached hydrogen (secondary N) is 1. The highest BCUT2D eigenvalue weighted by atomic mass is 32.1. The molecule has 0 spiro atoms. The van der Waals surface area contributed by atoms with Gasteiger partial charge in [0.1, 0.15) is 5.82 Å². The average Bonchev–Trinajstić information content (AvgIpc) is 3.01. The second-order valence-electron chi connectivity index (χ2n) is 6.18. The molecule has 1 N–H and O–H groups in total. The molecule has 0 amide bonds. The third-order valence-corrected chi connectivity index (χ3v) is 5.25. The van der Waals surface area contributed by atoms with Crippen LogP contribution in [0.25, 0.3) is 0 Å². The normalized spacial score (nSPS) is 21.8. The van der Waals surface area contributed by atoms with Crippen LogP contribution in [0.15, 0.2) is 53.6 Å². The molecule has 1 aliphatic carbocycles. The zero-order chi connectivity index (χ0) is 16.7. The largest absolute Gasteiger partial charge is 0.364 e. The molecule has 0 fully saturated rings. The second kappa shape index (κ2) is 5.98. The molecule has 0 saturated carbocycles. The third-order valence-electron chi connectivity index (χ3n) is 4.86. The number of fused-ring (bicyclic) bond motifs is 3. The second-order valence-corrected chi connectivity index (χ2v) is 6.57. The maximum absolute atomic E-state index is 13.3. The summed E-state index contributed by atoms with van der Waals surface area (Å²) in [6, 6.07) is 15.1. The smallest absolute Gasteiger partial charge is 0.189 e. The number of hydrazone groups is 1. The number of hydrogen-bond acceptors (Lipinski definition) is 2. The van der Waals surface area contributed by atoms with Crippen molar-refractivity contribution >= 4 is 23.0 Å². The van der Waals surface area contributed by atoms with Gasteiger partial charge in [0.25, 0.3) is 0 Å². The molecule has 1 heterocycles. The van der Waals surface area contributed by atoms with Crippen LogP contribution >= 0.6 is 12.2 Å². The van der Waals surface area contributed by atoms with Crippen LogP contribution in [0.1, 0.15) is 29.2 Å². The summed E-state index contributed by atoms with van der Waals surface area (Å²) in [6.07, 6.45) is 2.04. The lowest BCUT2D eigenvalue weighted by Crippen LogP contribution is -2.37. The van der Waals surface area contributed by atoms with Crippen molar-refractivity contribution in [2.24, 2.45) is 11.0 Å². The molecular formula is C19H18FN3S. The summed E-state index contributed by atoms with van der Waals surface area (Å²) in [5.74, 6) is 0.0336. The number of hydrogen-bond donors (Lipinski definition) is 1. The lowest BCUT2D eigenvalue weighted by molar-refractivity contribution is 0.305. The summed E-state index contributed by atoms with van der Waals surface area (Å²) < 4.78 is 13.3. The van der Waals surface area contributed by atoms with Gasteiger partial charge in [0, 0.05) is 18.5 Å². The number of aryl methyl sites for hydroxylation is 1. The summed E-state index contributed by atoms with van der Waals surface area (Å²) in [5, 5.41) is 10.3. The number of halogens is 1. The van der Waals surface area contributed by atoms with Crippen LogP contribution in [-0.4, -0.2) is 22.9 Å². The quantitative estimate of drug-likeness (QED) is 0.804. The molecule has 0 aromatic heterocycles. The van der Waals surface area contributed by atoms with Gasteiger partial charge >= 0.3 is 0 Å². The number of rotatable bonds is 1. The van der Waals surface area contributed by atoms with E-state index in [9.17, 15) is 4.39 Å². The lowest BCUT2D eigenvalue weighted by Gasteiger charge is -2.30. The SMILES string of the molecule is CNC(=S)N1N=C2c3ccccc3CCC2C1c1ccc(F)cc1. The minimum atomic E-state index is -0.227. The predicted molar refractivity (Wildman–Crippen MR) is 97.4 cm³/mol. The molecule has 0 bridgehead atoms. The maximum atomic E-state index is 13.3. The van der Waals surface area contributed by atoms with E-state index in [1.165, 1.54) is 23.3 Å². The maximum Gasteiger partial charge on any atom is 0.189 e. The molecule has 24 heavy (non-hydrogen) atoms. The van der Waals surface area contributed by atoms with Gasteiger partial charge in [0.2, 0.25) is 0 Å². The molecule has 2 atom stereocenters. The Morgan fingerprint density at radius 3 is 2.71 bits per heavy atom. The van der Waals surface area contributed by atoms with E-state index in [0.29, 0.717) is 5.11 Å². The van der Waals surface area contributed by atoms with Gasteiger partial charge in [-0.25, -0.2) is 9.40 Å². The summed E-state index contributed by atoms with van der Waals surface area (Å²) in [7, 11) is 1.81. The third kappa shape index (κ3) is 2.40. The minimum Gasteiger partial charge on any atom is -0.364 e. The van der Waals surface area contributed by atoms with Gasteiger partial charge in [-0.2, -0.15) is 5.10 Å². The van der Waals surface area contributed by atoms with Gasteiger partial charge in [-0.1, -0.05) is 36.4 Å². The Morgan fingerprint density at radius 1 is 1.21 bits per heavy atom. The van der Waals surface area contributed by atoms with Crippen molar-refractivity contribution in [1.82, 2.24) is 10.3 Å². The fourth-order valence-electron chi connectivity index (χ4n) is 3.74. The minimum absolute atomic E-state index is 0.00825. The summed E-state index contributed by atoms with van der Waals surface area (Å²) in [5.41, 5.74) is 4.67. The molecule has 2 unspecified atom stereocenters. The van der Waals surface area contributed by atoms with Gasteiger partial charge in [-0.05, 0) is 48.3 Å². The highest BCUT2D eigenvalue weighted by Crippen LogP contribution is 2.43. The van der Waals surface area contributed by atoms with Crippen molar-refractivity contribution in [3.63, 3.8) is 0 Å². The van der Waals surface area contributed by atoms with Gasteiger partial charge in [-0.3, -0.25) is 0 Å².